The quantitative estimate of drug-likeness (QED) is 0.875. The monoisotopic (exact) mass is 331 g/mol. The van der Waals surface area contributed by atoms with E-state index in [1.807, 2.05) is 0 Å². The van der Waals surface area contributed by atoms with Crippen LogP contribution in [0.25, 0.3) is 11.0 Å². The molecular formula is C13H12F3N3O4. The summed E-state index contributed by atoms with van der Waals surface area (Å²) in [6.07, 6.45) is -4.56. The van der Waals surface area contributed by atoms with E-state index < -0.39 is 36.8 Å². The van der Waals surface area contributed by atoms with E-state index in [-0.39, 0.29) is 16.6 Å². The van der Waals surface area contributed by atoms with Crippen molar-refractivity contribution >= 4 is 22.9 Å². The topological polar surface area (TPSA) is 95.4 Å². The number of fused-ring (bicyclic) bond motifs is 1. The number of alkyl halides is 3. The molecule has 0 saturated carbocycles. The molecule has 2 rings (SSSR count). The highest BCUT2D eigenvalue weighted by Crippen LogP contribution is 2.20. The molecule has 1 heterocycles. The molecule has 0 atom stereocenters. The van der Waals surface area contributed by atoms with Crippen LogP contribution < -0.4 is 5.69 Å². The molecule has 2 N–H and O–H groups in total. The second-order valence-electron chi connectivity index (χ2n) is 4.92. The Kier molecular flexibility index (Phi) is 4.17. The van der Waals surface area contributed by atoms with E-state index in [0.29, 0.717) is 4.57 Å². The van der Waals surface area contributed by atoms with Crippen LogP contribution >= 0.6 is 0 Å². The predicted octanol–water partition coefficient (Wildman–Crippen LogP) is 1.05. The van der Waals surface area contributed by atoms with Crippen molar-refractivity contribution in [3.05, 3.63) is 34.2 Å². The number of nitrogens with one attached hydrogen (secondary N) is 1. The summed E-state index contributed by atoms with van der Waals surface area (Å²) in [4.78, 5) is 37.4. The van der Waals surface area contributed by atoms with Gasteiger partial charge in [0.25, 0.3) is 5.91 Å². The van der Waals surface area contributed by atoms with E-state index in [9.17, 15) is 27.6 Å². The number of aromatic nitrogens is 2. The molecule has 23 heavy (non-hydrogen) atoms. The molecule has 2 aromatic rings. The van der Waals surface area contributed by atoms with Gasteiger partial charge in [-0.25, -0.2) is 4.79 Å². The maximum Gasteiger partial charge on any atom is 0.406 e. The molecule has 0 spiro atoms. The van der Waals surface area contributed by atoms with Gasteiger partial charge >= 0.3 is 17.8 Å². The Hall–Kier alpha value is -2.78. The van der Waals surface area contributed by atoms with Crippen molar-refractivity contribution in [3.63, 3.8) is 0 Å². The van der Waals surface area contributed by atoms with Gasteiger partial charge in [0.2, 0.25) is 0 Å². The number of aromatic amines is 1. The van der Waals surface area contributed by atoms with Crippen molar-refractivity contribution in [1.29, 1.82) is 0 Å². The van der Waals surface area contributed by atoms with Gasteiger partial charge in [0.1, 0.15) is 13.1 Å². The highest BCUT2D eigenvalue weighted by Gasteiger charge is 2.30. The number of amides is 1. The molecule has 0 saturated heterocycles. The van der Waals surface area contributed by atoms with Crippen LogP contribution in [0.5, 0.6) is 0 Å². The van der Waals surface area contributed by atoms with Gasteiger partial charge in [-0.1, -0.05) is 0 Å². The molecule has 7 nitrogen and oxygen atoms in total. The first-order valence-corrected chi connectivity index (χ1v) is 6.35. The number of carbonyl (C=O) groups excluding carboxylic acids is 1. The van der Waals surface area contributed by atoms with Gasteiger partial charge < -0.3 is 15.0 Å². The summed E-state index contributed by atoms with van der Waals surface area (Å²) >= 11 is 0. The summed E-state index contributed by atoms with van der Waals surface area (Å²) in [6.45, 7) is -1.97. The fourth-order valence-electron chi connectivity index (χ4n) is 2.13. The SMILES string of the molecule is CN(CC(=O)O)C(=O)c1ccc2c(c1)[nH]c(=O)n2CC(F)(F)F. The molecule has 1 aromatic heterocycles. The van der Waals surface area contributed by atoms with Crippen molar-refractivity contribution in [2.24, 2.45) is 0 Å². The minimum Gasteiger partial charge on any atom is -0.480 e. The molecule has 0 aliphatic carbocycles. The van der Waals surface area contributed by atoms with Gasteiger partial charge in [0.15, 0.2) is 0 Å². The first-order chi connectivity index (χ1) is 10.6. The average molecular weight is 331 g/mol. The zero-order valence-electron chi connectivity index (χ0n) is 11.8. The lowest BCUT2D eigenvalue weighted by molar-refractivity contribution is -0.140. The number of imidazole rings is 1. The summed E-state index contributed by atoms with van der Waals surface area (Å²) in [5, 5.41) is 8.65. The van der Waals surface area contributed by atoms with Crippen LogP contribution in [0.4, 0.5) is 13.2 Å². The van der Waals surface area contributed by atoms with Gasteiger partial charge in [-0.05, 0) is 18.2 Å². The molecule has 0 aliphatic rings. The molecule has 1 aromatic carbocycles. The number of H-pyrrole nitrogens is 1. The third-order valence-corrected chi connectivity index (χ3v) is 3.08. The molecule has 0 unspecified atom stereocenters. The van der Waals surface area contributed by atoms with Crippen molar-refractivity contribution in [2.45, 2.75) is 12.7 Å². The lowest BCUT2D eigenvalue weighted by atomic mass is 10.1. The molecule has 0 fully saturated rings. The van der Waals surface area contributed by atoms with Crippen LogP contribution in [0.1, 0.15) is 10.4 Å². The number of likely N-dealkylation sites (N-methyl/N-ethyl adjacent to an activating group) is 1. The van der Waals surface area contributed by atoms with Crippen molar-refractivity contribution < 1.29 is 27.9 Å². The summed E-state index contributed by atoms with van der Waals surface area (Å²) in [7, 11) is 1.28. The third kappa shape index (κ3) is 3.71. The van der Waals surface area contributed by atoms with E-state index in [2.05, 4.69) is 4.98 Å². The number of nitrogens with zero attached hydrogens (tertiary/aromatic N) is 2. The van der Waals surface area contributed by atoms with Crippen LogP contribution in [-0.2, 0) is 11.3 Å². The van der Waals surface area contributed by atoms with E-state index in [1.165, 1.54) is 25.2 Å². The Balaban J connectivity index is 2.39. The first kappa shape index (κ1) is 16.6. The number of carboxylic acid groups (broad SMARTS) is 1. The lowest BCUT2D eigenvalue weighted by Gasteiger charge is -2.14. The largest absolute Gasteiger partial charge is 0.480 e. The molecule has 124 valence electrons. The van der Waals surface area contributed by atoms with Gasteiger partial charge in [0.05, 0.1) is 11.0 Å². The molecule has 0 radical (unpaired) electrons. The Morgan fingerprint density at radius 3 is 2.57 bits per heavy atom. The van der Waals surface area contributed by atoms with Gasteiger partial charge in [-0.15, -0.1) is 0 Å². The Morgan fingerprint density at radius 1 is 1.35 bits per heavy atom. The van der Waals surface area contributed by atoms with Crippen LogP contribution in [0.15, 0.2) is 23.0 Å². The van der Waals surface area contributed by atoms with Gasteiger partial charge in [0, 0.05) is 12.6 Å². The summed E-state index contributed by atoms with van der Waals surface area (Å²) < 4.78 is 37.9. The van der Waals surface area contributed by atoms with E-state index >= 15 is 0 Å². The molecule has 0 aliphatic heterocycles. The van der Waals surface area contributed by atoms with Crippen LogP contribution in [0, 0.1) is 0 Å². The number of aliphatic carboxylic acids is 1. The Bertz CT molecular complexity index is 822. The number of hydrogen-bond donors (Lipinski definition) is 2. The zero-order valence-corrected chi connectivity index (χ0v) is 11.8. The van der Waals surface area contributed by atoms with Crippen LogP contribution in [-0.4, -0.2) is 51.2 Å². The third-order valence-electron chi connectivity index (χ3n) is 3.08. The fourth-order valence-corrected chi connectivity index (χ4v) is 2.13. The maximum absolute atomic E-state index is 12.5. The first-order valence-electron chi connectivity index (χ1n) is 6.35. The standard InChI is InChI=1S/C13H12F3N3O4/c1-18(5-10(20)21)11(22)7-2-3-9-8(4-7)17-12(23)19(9)6-13(14,15)16/h2-4H,5-6H2,1H3,(H,17,23)(H,20,21). The summed E-state index contributed by atoms with van der Waals surface area (Å²) in [5.41, 5.74) is -0.818. The second-order valence-corrected chi connectivity index (χ2v) is 4.92. The number of carboxylic acids is 1. The van der Waals surface area contributed by atoms with Gasteiger partial charge in [-0.2, -0.15) is 13.2 Å². The van der Waals surface area contributed by atoms with Crippen molar-refractivity contribution in [1.82, 2.24) is 14.5 Å². The van der Waals surface area contributed by atoms with Crippen LogP contribution in [0.3, 0.4) is 0 Å². The van der Waals surface area contributed by atoms with Crippen LogP contribution in [0.2, 0.25) is 0 Å². The van der Waals surface area contributed by atoms with E-state index in [0.717, 1.165) is 4.90 Å². The van der Waals surface area contributed by atoms with E-state index in [1.54, 1.807) is 0 Å². The Morgan fingerprint density at radius 2 is 2.00 bits per heavy atom. The molecule has 1 amide bonds. The summed E-state index contributed by atoms with van der Waals surface area (Å²) in [6, 6.07) is 3.66. The zero-order chi connectivity index (χ0) is 17.4. The highest BCUT2D eigenvalue weighted by molar-refractivity contribution is 5.98. The number of hydrogen-bond acceptors (Lipinski definition) is 3. The number of halogens is 3. The van der Waals surface area contributed by atoms with E-state index in [4.69, 9.17) is 5.11 Å². The van der Waals surface area contributed by atoms with Crippen molar-refractivity contribution in [3.8, 4) is 0 Å². The summed E-state index contributed by atoms with van der Waals surface area (Å²) in [5.74, 6) is -1.83. The maximum atomic E-state index is 12.5. The highest BCUT2D eigenvalue weighted by atomic mass is 19.4. The lowest BCUT2D eigenvalue weighted by Crippen LogP contribution is -2.31. The number of benzene rings is 1. The predicted molar refractivity (Wildman–Crippen MR) is 73.2 cm³/mol. The average Bonchev–Trinajstić information content (AvgIpc) is 2.71. The fraction of sp³-hybridized carbons (Fsp3) is 0.308. The number of carbonyl (C=O) groups is 2. The van der Waals surface area contributed by atoms with Gasteiger partial charge in [-0.3, -0.25) is 14.2 Å². The minimum absolute atomic E-state index is 0.00441. The minimum atomic E-state index is -4.56. The second kappa shape index (κ2) is 5.78. The smallest absolute Gasteiger partial charge is 0.406 e. The van der Waals surface area contributed by atoms with Crippen molar-refractivity contribution in [2.75, 3.05) is 13.6 Å². The Labute approximate surface area is 126 Å². The molecular weight excluding hydrogens is 319 g/mol. The molecule has 10 heteroatoms. The normalized spacial score (nSPS) is 11.7. The number of rotatable bonds is 4. The molecule has 0 bridgehead atoms.